The monoisotopic (exact) mass is 245 g/mol. The van der Waals surface area contributed by atoms with Gasteiger partial charge in [-0.15, -0.1) is 0 Å². The number of aryl methyl sites for hydroxylation is 3. The smallest absolute Gasteiger partial charge is 0.225 e. The van der Waals surface area contributed by atoms with E-state index in [1.165, 1.54) is 0 Å². The normalized spacial score (nSPS) is 12.7. The number of hydrogen-bond acceptors (Lipinski definition) is 5. The maximum Gasteiger partial charge on any atom is 0.225 e. The van der Waals surface area contributed by atoms with Gasteiger partial charge in [-0.2, -0.15) is 4.98 Å². The zero-order chi connectivity index (χ0) is 13.3. The van der Waals surface area contributed by atoms with Crippen molar-refractivity contribution in [3.63, 3.8) is 0 Å². The fourth-order valence-corrected chi connectivity index (χ4v) is 1.64. The minimum atomic E-state index is 0.348. The average Bonchev–Trinajstić information content (AvgIpc) is 2.32. The molecule has 0 spiro atoms. The molecule has 0 aliphatic carbocycles. The number of hydrogen-bond donors (Lipinski definition) is 1. The quantitative estimate of drug-likeness (QED) is 0.900. The standard InChI is InChI=1S/C13H19N5/c1-6-7(2)14-13-17-10(5)11-12(18-13)16-9(4)8(3)15-11/h7H,6H2,1-5H3,(H,14,16,17,18). The molecule has 0 amide bonds. The van der Waals surface area contributed by atoms with Crippen LogP contribution in [0.15, 0.2) is 0 Å². The van der Waals surface area contributed by atoms with Crippen molar-refractivity contribution in [1.29, 1.82) is 0 Å². The first kappa shape index (κ1) is 12.7. The maximum atomic E-state index is 4.50. The Hall–Kier alpha value is -1.78. The SMILES string of the molecule is CCC(C)Nc1nc(C)c2nc(C)c(C)nc2n1. The topological polar surface area (TPSA) is 63.6 Å². The van der Waals surface area contributed by atoms with Gasteiger partial charge in [0.1, 0.15) is 5.52 Å². The molecule has 0 radical (unpaired) electrons. The van der Waals surface area contributed by atoms with Crippen molar-refractivity contribution in [3.05, 3.63) is 17.1 Å². The fraction of sp³-hybridized carbons (Fsp3) is 0.538. The number of rotatable bonds is 3. The first-order chi connectivity index (χ1) is 8.51. The average molecular weight is 245 g/mol. The Morgan fingerprint density at radius 3 is 2.28 bits per heavy atom. The molecule has 2 heterocycles. The molecular weight excluding hydrogens is 226 g/mol. The van der Waals surface area contributed by atoms with Gasteiger partial charge in [0.15, 0.2) is 5.65 Å². The molecule has 1 unspecified atom stereocenters. The summed E-state index contributed by atoms with van der Waals surface area (Å²) in [5, 5.41) is 3.27. The molecular formula is C13H19N5. The number of fused-ring (bicyclic) bond motifs is 1. The van der Waals surface area contributed by atoms with Crippen LogP contribution in [-0.2, 0) is 0 Å². The van der Waals surface area contributed by atoms with Crippen LogP contribution in [0.4, 0.5) is 5.95 Å². The second kappa shape index (κ2) is 4.84. The van der Waals surface area contributed by atoms with Crippen molar-refractivity contribution >= 4 is 17.1 Å². The van der Waals surface area contributed by atoms with Crippen molar-refractivity contribution < 1.29 is 0 Å². The van der Waals surface area contributed by atoms with E-state index in [1.54, 1.807) is 0 Å². The molecule has 96 valence electrons. The molecule has 0 aliphatic rings. The third-order valence-electron chi connectivity index (χ3n) is 3.10. The van der Waals surface area contributed by atoms with E-state index in [9.17, 15) is 0 Å². The van der Waals surface area contributed by atoms with Gasteiger partial charge in [-0.3, -0.25) is 0 Å². The first-order valence-electron chi connectivity index (χ1n) is 6.27. The second-order valence-corrected chi connectivity index (χ2v) is 4.65. The van der Waals surface area contributed by atoms with Crippen LogP contribution in [0.1, 0.15) is 37.4 Å². The summed E-state index contributed by atoms with van der Waals surface area (Å²) < 4.78 is 0. The largest absolute Gasteiger partial charge is 0.352 e. The molecule has 0 saturated heterocycles. The molecule has 0 fully saturated rings. The molecule has 18 heavy (non-hydrogen) atoms. The number of nitrogens with one attached hydrogen (secondary N) is 1. The van der Waals surface area contributed by atoms with Crippen LogP contribution < -0.4 is 5.32 Å². The highest BCUT2D eigenvalue weighted by atomic mass is 15.1. The lowest BCUT2D eigenvalue weighted by molar-refractivity contribution is 0.752. The van der Waals surface area contributed by atoms with Crippen molar-refractivity contribution in [1.82, 2.24) is 19.9 Å². The first-order valence-corrected chi connectivity index (χ1v) is 6.27. The Morgan fingerprint density at radius 1 is 0.944 bits per heavy atom. The van der Waals surface area contributed by atoms with Gasteiger partial charge in [-0.05, 0) is 34.1 Å². The molecule has 2 aromatic heterocycles. The van der Waals surface area contributed by atoms with E-state index in [2.05, 4.69) is 39.1 Å². The molecule has 5 heteroatoms. The molecule has 0 bridgehead atoms. The van der Waals surface area contributed by atoms with E-state index in [0.29, 0.717) is 17.6 Å². The van der Waals surface area contributed by atoms with E-state index < -0.39 is 0 Å². The summed E-state index contributed by atoms with van der Waals surface area (Å²) in [5.41, 5.74) is 4.15. The van der Waals surface area contributed by atoms with Crippen LogP contribution in [0.5, 0.6) is 0 Å². The summed E-state index contributed by atoms with van der Waals surface area (Å²) in [4.78, 5) is 17.8. The number of anilines is 1. The van der Waals surface area contributed by atoms with Crippen LogP contribution in [0.2, 0.25) is 0 Å². The van der Waals surface area contributed by atoms with Crippen molar-refractivity contribution in [2.45, 2.75) is 47.1 Å². The molecule has 0 aromatic carbocycles. The van der Waals surface area contributed by atoms with Crippen molar-refractivity contribution in [3.8, 4) is 0 Å². The Morgan fingerprint density at radius 2 is 1.61 bits per heavy atom. The predicted octanol–water partition coefficient (Wildman–Crippen LogP) is 2.56. The number of aromatic nitrogens is 4. The van der Waals surface area contributed by atoms with Gasteiger partial charge >= 0.3 is 0 Å². The maximum absolute atomic E-state index is 4.50. The van der Waals surface area contributed by atoms with E-state index in [4.69, 9.17) is 0 Å². The zero-order valence-corrected chi connectivity index (χ0v) is 11.6. The Balaban J connectivity index is 2.51. The van der Waals surface area contributed by atoms with Crippen molar-refractivity contribution in [2.75, 3.05) is 5.32 Å². The third kappa shape index (κ3) is 2.39. The molecule has 5 nitrogen and oxygen atoms in total. The lowest BCUT2D eigenvalue weighted by atomic mass is 10.3. The van der Waals surface area contributed by atoms with Gasteiger partial charge in [0.2, 0.25) is 5.95 Å². The molecule has 1 atom stereocenters. The van der Waals surface area contributed by atoms with Gasteiger partial charge in [0.25, 0.3) is 0 Å². The fourth-order valence-electron chi connectivity index (χ4n) is 1.64. The second-order valence-electron chi connectivity index (χ2n) is 4.65. The Labute approximate surface area is 107 Å². The summed E-state index contributed by atoms with van der Waals surface area (Å²) in [5.74, 6) is 0.631. The van der Waals surface area contributed by atoms with Crippen LogP contribution in [0.25, 0.3) is 11.2 Å². The third-order valence-corrected chi connectivity index (χ3v) is 3.10. The minimum Gasteiger partial charge on any atom is -0.352 e. The molecule has 1 N–H and O–H groups in total. The molecule has 2 aromatic rings. The van der Waals surface area contributed by atoms with Gasteiger partial charge < -0.3 is 5.32 Å². The highest BCUT2D eigenvalue weighted by Crippen LogP contribution is 2.15. The summed E-state index contributed by atoms with van der Waals surface area (Å²) in [7, 11) is 0. The van der Waals surface area contributed by atoms with E-state index in [1.807, 2.05) is 20.8 Å². The molecule has 0 aliphatic heterocycles. The van der Waals surface area contributed by atoms with Crippen LogP contribution >= 0.6 is 0 Å². The van der Waals surface area contributed by atoms with Gasteiger partial charge in [-0.1, -0.05) is 6.92 Å². The minimum absolute atomic E-state index is 0.348. The lowest BCUT2D eigenvalue weighted by Gasteiger charge is -2.12. The summed E-state index contributed by atoms with van der Waals surface area (Å²) in [6, 6.07) is 0.348. The summed E-state index contributed by atoms with van der Waals surface area (Å²) >= 11 is 0. The number of nitrogens with zero attached hydrogens (tertiary/aromatic N) is 4. The lowest BCUT2D eigenvalue weighted by Crippen LogP contribution is -2.16. The van der Waals surface area contributed by atoms with E-state index in [-0.39, 0.29) is 0 Å². The van der Waals surface area contributed by atoms with E-state index >= 15 is 0 Å². The predicted molar refractivity (Wildman–Crippen MR) is 72.7 cm³/mol. The van der Waals surface area contributed by atoms with Crippen LogP contribution in [0.3, 0.4) is 0 Å². The molecule has 2 rings (SSSR count). The van der Waals surface area contributed by atoms with Crippen LogP contribution in [0, 0.1) is 20.8 Å². The Bertz CT molecular complexity index is 579. The van der Waals surface area contributed by atoms with E-state index in [0.717, 1.165) is 29.0 Å². The highest BCUT2D eigenvalue weighted by molar-refractivity contribution is 5.73. The van der Waals surface area contributed by atoms with Crippen molar-refractivity contribution in [2.24, 2.45) is 0 Å². The zero-order valence-electron chi connectivity index (χ0n) is 11.6. The highest BCUT2D eigenvalue weighted by Gasteiger charge is 2.10. The Kier molecular flexibility index (Phi) is 3.41. The van der Waals surface area contributed by atoms with Gasteiger partial charge in [0.05, 0.1) is 17.1 Å². The van der Waals surface area contributed by atoms with Gasteiger partial charge in [0, 0.05) is 6.04 Å². The molecule has 0 saturated carbocycles. The summed E-state index contributed by atoms with van der Waals surface area (Å²) in [6.07, 6.45) is 1.03. The van der Waals surface area contributed by atoms with Crippen LogP contribution in [-0.4, -0.2) is 26.0 Å². The summed E-state index contributed by atoms with van der Waals surface area (Å²) in [6.45, 7) is 10.1. The van der Waals surface area contributed by atoms with Gasteiger partial charge in [-0.25, -0.2) is 15.0 Å².